The van der Waals surface area contributed by atoms with E-state index in [9.17, 15) is 13.6 Å². The molecular weight excluding hydrogens is 380 g/mol. The van der Waals surface area contributed by atoms with Crippen LogP contribution in [0.5, 0.6) is 0 Å². The van der Waals surface area contributed by atoms with Gasteiger partial charge in [-0.25, -0.2) is 8.78 Å². The number of furan rings is 1. The van der Waals surface area contributed by atoms with E-state index in [1.165, 1.54) is 38.2 Å². The van der Waals surface area contributed by atoms with E-state index < -0.39 is 17.5 Å². The molecule has 4 rings (SSSR count). The molecule has 1 aliphatic carbocycles. The van der Waals surface area contributed by atoms with Gasteiger partial charge in [-0.2, -0.15) is 11.8 Å². The van der Waals surface area contributed by atoms with Crippen molar-refractivity contribution < 1.29 is 18.0 Å². The molecule has 0 aliphatic heterocycles. The van der Waals surface area contributed by atoms with Crippen LogP contribution in [0.25, 0.3) is 11.0 Å². The molecule has 0 unspecified atom stereocenters. The van der Waals surface area contributed by atoms with Crippen molar-refractivity contribution in [3.63, 3.8) is 0 Å². The predicted octanol–water partition coefficient (Wildman–Crippen LogP) is 6.53. The number of hydrogen-bond donors (Lipinski definition) is 1. The molecule has 0 bridgehead atoms. The number of anilines is 1. The average molecular weight is 401 g/mol. The largest absolute Gasteiger partial charge is 0.451 e. The van der Waals surface area contributed by atoms with Gasteiger partial charge in [0.15, 0.2) is 5.76 Å². The van der Waals surface area contributed by atoms with E-state index in [2.05, 4.69) is 5.32 Å². The van der Waals surface area contributed by atoms with Gasteiger partial charge in [-0.05, 0) is 31.0 Å². The van der Waals surface area contributed by atoms with Gasteiger partial charge in [0, 0.05) is 28.0 Å². The van der Waals surface area contributed by atoms with Gasteiger partial charge in [-0.3, -0.25) is 4.79 Å². The topological polar surface area (TPSA) is 42.2 Å². The summed E-state index contributed by atoms with van der Waals surface area (Å²) in [6.45, 7) is 0. The minimum absolute atomic E-state index is 0.0715. The fourth-order valence-electron chi connectivity index (χ4n) is 3.63. The van der Waals surface area contributed by atoms with Gasteiger partial charge in [-0.15, -0.1) is 0 Å². The number of fused-ring (bicyclic) bond motifs is 1. The Morgan fingerprint density at radius 1 is 1.11 bits per heavy atom. The first kappa shape index (κ1) is 19.0. The molecule has 1 heterocycles. The van der Waals surface area contributed by atoms with Crippen LogP contribution >= 0.6 is 11.8 Å². The van der Waals surface area contributed by atoms with E-state index >= 15 is 0 Å². The van der Waals surface area contributed by atoms with Gasteiger partial charge in [0.25, 0.3) is 5.91 Å². The van der Waals surface area contributed by atoms with Crippen molar-refractivity contribution in [3.05, 3.63) is 65.4 Å². The van der Waals surface area contributed by atoms with Gasteiger partial charge in [0.2, 0.25) is 0 Å². The van der Waals surface area contributed by atoms with Crippen molar-refractivity contribution >= 4 is 34.3 Å². The molecule has 1 aliphatic rings. The summed E-state index contributed by atoms with van der Waals surface area (Å²) in [6, 6.07) is 10.6. The number of amides is 1. The molecule has 0 atom stereocenters. The van der Waals surface area contributed by atoms with Gasteiger partial charge >= 0.3 is 0 Å². The Bertz CT molecular complexity index is 995. The number of hydrogen-bond acceptors (Lipinski definition) is 3. The highest BCUT2D eigenvalue weighted by atomic mass is 32.2. The third-order valence-electron chi connectivity index (χ3n) is 5.10. The first-order chi connectivity index (χ1) is 13.6. The number of carbonyl (C=O) groups excluding carboxylic acids is 1. The molecular formula is C22H21F2NO2S. The second kappa shape index (κ2) is 8.35. The van der Waals surface area contributed by atoms with E-state index in [4.69, 9.17) is 4.42 Å². The molecule has 0 saturated heterocycles. The monoisotopic (exact) mass is 401 g/mol. The summed E-state index contributed by atoms with van der Waals surface area (Å²) >= 11 is 1.85. The Labute approximate surface area is 166 Å². The average Bonchev–Trinajstić information content (AvgIpc) is 3.08. The van der Waals surface area contributed by atoms with E-state index in [0.717, 1.165) is 23.1 Å². The second-order valence-corrected chi connectivity index (χ2v) is 8.34. The predicted molar refractivity (Wildman–Crippen MR) is 109 cm³/mol. The number of thioether (sulfide) groups is 1. The molecule has 1 amide bonds. The zero-order chi connectivity index (χ0) is 19.5. The maximum Gasteiger partial charge on any atom is 0.291 e. The number of benzene rings is 2. The molecule has 6 heteroatoms. The zero-order valence-electron chi connectivity index (χ0n) is 15.3. The summed E-state index contributed by atoms with van der Waals surface area (Å²) in [5, 5.41) is 4.00. The molecule has 146 valence electrons. The number of para-hydroxylation sites is 1. The zero-order valence-corrected chi connectivity index (χ0v) is 16.2. The van der Waals surface area contributed by atoms with E-state index in [1.54, 1.807) is 0 Å². The fraction of sp³-hybridized carbons (Fsp3) is 0.318. The normalized spacial score (nSPS) is 15.1. The molecule has 1 fully saturated rings. The molecule has 0 radical (unpaired) electrons. The summed E-state index contributed by atoms with van der Waals surface area (Å²) in [5.74, 6) is -1.18. The van der Waals surface area contributed by atoms with Crippen molar-refractivity contribution in [1.29, 1.82) is 0 Å². The van der Waals surface area contributed by atoms with E-state index in [1.807, 2.05) is 36.0 Å². The number of rotatable bonds is 5. The van der Waals surface area contributed by atoms with Crippen molar-refractivity contribution in [2.45, 2.75) is 43.1 Å². The fourth-order valence-corrected chi connectivity index (χ4v) is 4.98. The van der Waals surface area contributed by atoms with E-state index in [0.29, 0.717) is 16.6 Å². The van der Waals surface area contributed by atoms with Crippen LogP contribution in [-0.4, -0.2) is 11.2 Å². The summed E-state index contributed by atoms with van der Waals surface area (Å²) in [5.41, 5.74) is 1.38. The van der Waals surface area contributed by atoms with Crippen LogP contribution in [0.15, 0.2) is 46.9 Å². The number of nitrogens with one attached hydrogen (secondary N) is 1. The summed E-state index contributed by atoms with van der Waals surface area (Å²) < 4.78 is 32.9. The molecule has 1 N–H and O–H groups in total. The van der Waals surface area contributed by atoms with Crippen molar-refractivity contribution in [2.75, 3.05) is 5.32 Å². The molecule has 2 aromatic carbocycles. The van der Waals surface area contributed by atoms with Crippen LogP contribution in [0.2, 0.25) is 0 Å². The Morgan fingerprint density at radius 3 is 2.68 bits per heavy atom. The van der Waals surface area contributed by atoms with Gasteiger partial charge in [0.05, 0.1) is 5.69 Å². The highest BCUT2D eigenvalue weighted by Gasteiger charge is 2.23. The summed E-state index contributed by atoms with van der Waals surface area (Å²) in [6.07, 6.45) is 6.19. The van der Waals surface area contributed by atoms with E-state index in [-0.39, 0.29) is 11.4 Å². The van der Waals surface area contributed by atoms with Crippen LogP contribution < -0.4 is 5.32 Å². The van der Waals surface area contributed by atoms with Crippen molar-refractivity contribution in [3.8, 4) is 0 Å². The standard InChI is InChI=1S/C22H21F2NO2S/c23-14-10-11-19(18(24)12-14)25-22(26)21-17(13-28-15-6-2-1-3-7-15)16-8-4-5-9-20(16)27-21/h4-5,8-12,15H,1-3,6-7,13H2,(H,25,26). The maximum atomic E-state index is 13.9. The third kappa shape index (κ3) is 4.07. The van der Waals surface area contributed by atoms with Gasteiger partial charge in [-0.1, -0.05) is 37.5 Å². The highest BCUT2D eigenvalue weighted by molar-refractivity contribution is 7.99. The molecule has 0 spiro atoms. The molecule has 1 aromatic heterocycles. The smallest absolute Gasteiger partial charge is 0.291 e. The third-order valence-corrected chi connectivity index (χ3v) is 6.50. The van der Waals surface area contributed by atoms with Crippen LogP contribution in [0.3, 0.4) is 0 Å². The summed E-state index contributed by atoms with van der Waals surface area (Å²) in [4.78, 5) is 12.8. The maximum absolute atomic E-state index is 13.9. The van der Waals surface area contributed by atoms with Crippen molar-refractivity contribution in [1.82, 2.24) is 0 Å². The van der Waals surface area contributed by atoms with Crippen LogP contribution in [-0.2, 0) is 5.75 Å². The lowest BCUT2D eigenvalue weighted by molar-refractivity contribution is 0.0997. The van der Waals surface area contributed by atoms with Crippen molar-refractivity contribution in [2.24, 2.45) is 0 Å². The van der Waals surface area contributed by atoms with Crippen LogP contribution in [0.1, 0.15) is 48.2 Å². The van der Waals surface area contributed by atoms with Gasteiger partial charge in [0.1, 0.15) is 17.2 Å². The lowest BCUT2D eigenvalue weighted by Gasteiger charge is -2.20. The molecule has 28 heavy (non-hydrogen) atoms. The quantitative estimate of drug-likeness (QED) is 0.528. The first-order valence-corrected chi connectivity index (χ1v) is 10.5. The highest BCUT2D eigenvalue weighted by Crippen LogP contribution is 2.35. The molecule has 1 saturated carbocycles. The summed E-state index contributed by atoms with van der Waals surface area (Å²) in [7, 11) is 0. The lowest BCUT2D eigenvalue weighted by atomic mass is 10.0. The minimum Gasteiger partial charge on any atom is -0.451 e. The Hall–Kier alpha value is -2.34. The number of carbonyl (C=O) groups is 1. The first-order valence-electron chi connectivity index (χ1n) is 9.50. The lowest BCUT2D eigenvalue weighted by Crippen LogP contribution is -2.14. The van der Waals surface area contributed by atoms with Crippen LogP contribution in [0.4, 0.5) is 14.5 Å². The number of halogens is 2. The molecule has 3 aromatic rings. The van der Waals surface area contributed by atoms with Crippen LogP contribution in [0, 0.1) is 11.6 Å². The SMILES string of the molecule is O=C(Nc1ccc(F)cc1F)c1oc2ccccc2c1CSC1CCCCC1. The molecule has 3 nitrogen and oxygen atoms in total. The Kier molecular flexibility index (Phi) is 5.67. The van der Waals surface area contributed by atoms with Gasteiger partial charge < -0.3 is 9.73 Å². The second-order valence-electron chi connectivity index (χ2n) is 7.06. The minimum atomic E-state index is -0.817. The Morgan fingerprint density at radius 2 is 1.89 bits per heavy atom. The Balaban J connectivity index is 1.60.